The minimum absolute atomic E-state index is 0.322. The lowest BCUT2D eigenvalue weighted by atomic mass is 9.85. The SMILES string of the molecule is C[C@H](NCC1(N2CCCCC2)CCOCC1)c1ccsc1. The summed E-state index contributed by atoms with van der Waals surface area (Å²) in [6.07, 6.45) is 6.49. The van der Waals surface area contributed by atoms with Crippen molar-refractivity contribution in [3.63, 3.8) is 0 Å². The van der Waals surface area contributed by atoms with Crippen molar-refractivity contribution in [2.75, 3.05) is 32.8 Å². The first kappa shape index (κ1) is 15.5. The molecule has 2 fully saturated rings. The Bertz CT molecular complexity index is 408. The Hall–Kier alpha value is -0.420. The predicted molar refractivity (Wildman–Crippen MR) is 88.9 cm³/mol. The Morgan fingerprint density at radius 1 is 1.29 bits per heavy atom. The number of nitrogens with one attached hydrogen (secondary N) is 1. The monoisotopic (exact) mass is 308 g/mol. The lowest BCUT2D eigenvalue weighted by Gasteiger charge is -2.48. The van der Waals surface area contributed by atoms with E-state index in [4.69, 9.17) is 4.74 Å². The molecule has 0 spiro atoms. The molecular formula is C17H28N2OS. The van der Waals surface area contributed by atoms with Gasteiger partial charge < -0.3 is 10.1 Å². The molecule has 0 saturated carbocycles. The number of hydrogen-bond acceptors (Lipinski definition) is 4. The van der Waals surface area contributed by atoms with Crippen LogP contribution in [0.4, 0.5) is 0 Å². The van der Waals surface area contributed by atoms with Gasteiger partial charge in [-0.05, 0) is 68.1 Å². The van der Waals surface area contributed by atoms with E-state index in [9.17, 15) is 0 Å². The van der Waals surface area contributed by atoms with Crippen molar-refractivity contribution < 1.29 is 4.74 Å². The smallest absolute Gasteiger partial charge is 0.0484 e. The van der Waals surface area contributed by atoms with Gasteiger partial charge in [0, 0.05) is 31.3 Å². The average molecular weight is 308 g/mol. The van der Waals surface area contributed by atoms with E-state index in [-0.39, 0.29) is 0 Å². The van der Waals surface area contributed by atoms with Crippen LogP contribution in [0.15, 0.2) is 16.8 Å². The van der Waals surface area contributed by atoms with Crippen LogP contribution >= 0.6 is 11.3 Å². The van der Waals surface area contributed by atoms with Crippen molar-refractivity contribution in [3.8, 4) is 0 Å². The first-order valence-electron chi connectivity index (χ1n) is 8.38. The van der Waals surface area contributed by atoms with Crippen molar-refractivity contribution in [1.29, 1.82) is 0 Å². The third-order valence-corrected chi connectivity index (χ3v) is 5.93. The van der Waals surface area contributed by atoms with Gasteiger partial charge in [0.15, 0.2) is 0 Å². The second-order valence-electron chi connectivity index (χ2n) is 6.54. The Kier molecular flexibility index (Phi) is 5.33. The Morgan fingerprint density at radius 2 is 2.05 bits per heavy atom. The van der Waals surface area contributed by atoms with Crippen LogP contribution < -0.4 is 5.32 Å². The highest BCUT2D eigenvalue weighted by Gasteiger charge is 2.38. The number of rotatable bonds is 5. The van der Waals surface area contributed by atoms with Crippen molar-refractivity contribution >= 4 is 11.3 Å². The summed E-state index contributed by atoms with van der Waals surface area (Å²) in [7, 11) is 0. The number of piperidine rings is 1. The molecular weight excluding hydrogens is 280 g/mol. The Labute approximate surface area is 132 Å². The highest BCUT2D eigenvalue weighted by molar-refractivity contribution is 7.07. The third kappa shape index (κ3) is 3.67. The van der Waals surface area contributed by atoms with Gasteiger partial charge in [0.25, 0.3) is 0 Å². The molecule has 3 nitrogen and oxygen atoms in total. The van der Waals surface area contributed by atoms with Crippen LogP contribution in [0.3, 0.4) is 0 Å². The van der Waals surface area contributed by atoms with Crippen LogP contribution in [-0.2, 0) is 4.74 Å². The molecule has 3 rings (SSSR count). The van der Waals surface area contributed by atoms with E-state index in [1.807, 2.05) is 0 Å². The summed E-state index contributed by atoms with van der Waals surface area (Å²) in [5.74, 6) is 0. The van der Waals surface area contributed by atoms with E-state index < -0.39 is 0 Å². The molecule has 3 heterocycles. The van der Waals surface area contributed by atoms with E-state index in [0.29, 0.717) is 11.6 Å². The molecule has 0 bridgehead atoms. The second-order valence-corrected chi connectivity index (χ2v) is 7.32. The fraction of sp³-hybridized carbons (Fsp3) is 0.765. The maximum Gasteiger partial charge on any atom is 0.0484 e. The molecule has 0 radical (unpaired) electrons. The summed E-state index contributed by atoms with van der Waals surface area (Å²) >= 11 is 1.79. The molecule has 2 aliphatic rings. The van der Waals surface area contributed by atoms with Gasteiger partial charge in [-0.15, -0.1) is 0 Å². The molecule has 0 aliphatic carbocycles. The topological polar surface area (TPSA) is 24.5 Å². The zero-order valence-corrected chi connectivity index (χ0v) is 14.0. The average Bonchev–Trinajstić information content (AvgIpc) is 3.09. The van der Waals surface area contributed by atoms with E-state index in [2.05, 4.69) is 34.0 Å². The first-order chi connectivity index (χ1) is 10.3. The van der Waals surface area contributed by atoms with Crippen LogP contribution in [0.1, 0.15) is 50.6 Å². The van der Waals surface area contributed by atoms with Gasteiger partial charge in [0.05, 0.1) is 0 Å². The summed E-state index contributed by atoms with van der Waals surface area (Å²) in [4.78, 5) is 2.76. The largest absolute Gasteiger partial charge is 0.381 e. The lowest BCUT2D eigenvalue weighted by molar-refractivity contribution is -0.0366. The van der Waals surface area contributed by atoms with Crippen molar-refractivity contribution in [3.05, 3.63) is 22.4 Å². The van der Waals surface area contributed by atoms with Crippen LogP contribution in [0.2, 0.25) is 0 Å². The Morgan fingerprint density at radius 3 is 2.71 bits per heavy atom. The number of nitrogens with zero attached hydrogens (tertiary/aromatic N) is 1. The van der Waals surface area contributed by atoms with Gasteiger partial charge in [-0.25, -0.2) is 0 Å². The molecule has 21 heavy (non-hydrogen) atoms. The Balaban J connectivity index is 1.64. The van der Waals surface area contributed by atoms with Crippen molar-refractivity contribution in [2.24, 2.45) is 0 Å². The highest BCUT2D eigenvalue weighted by Crippen LogP contribution is 2.31. The van der Waals surface area contributed by atoms with Gasteiger partial charge >= 0.3 is 0 Å². The number of thiophene rings is 1. The first-order valence-corrected chi connectivity index (χ1v) is 9.33. The summed E-state index contributed by atoms with van der Waals surface area (Å²) in [5.41, 5.74) is 1.74. The van der Waals surface area contributed by atoms with Crippen molar-refractivity contribution in [1.82, 2.24) is 10.2 Å². The highest BCUT2D eigenvalue weighted by atomic mass is 32.1. The van der Waals surface area contributed by atoms with Crippen LogP contribution in [-0.4, -0.2) is 43.3 Å². The van der Waals surface area contributed by atoms with Gasteiger partial charge in [-0.3, -0.25) is 4.90 Å². The van der Waals surface area contributed by atoms with Gasteiger partial charge in [-0.1, -0.05) is 6.42 Å². The van der Waals surface area contributed by atoms with Gasteiger partial charge in [-0.2, -0.15) is 11.3 Å². The number of hydrogen-bond donors (Lipinski definition) is 1. The molecule has 0 unspecified atom stereocenters. The lowest BCUT2D eigenvalue weighted by Crippen LogP contribution is -2.59. The van der Waals surface area contributed by atoms with E-state index >= 15 is 0 Å². The molecule has 0 amide bonds. The molecule has 2 saturated heterocycles. The molecule has 4 heteroatoms. The summed E-state index contributed by atoms with van der Waals surface area (Å²) in [6.45, 7) is 7.76. The number of likely N-dealkylation sites (tertiary alicyclic amines) is 1. The summed E-state index contributed by atoms with van der Waals surface area (Å²) in [5, 5.41) is 8.23. The fourth-order valence-corrected chi connectivity index (χ4v) is 4.46. The van der Waals surface area contributed by atoms with Gasteiger partial charge in [0.1, 0.15) is 0 Å². The molecule has 118 valence electrons. The number of ether oxygens (including phenoxy) is 1. The third-order valence-electron chi connectivity index (χ3n) is 5.23. The maximum atomic E-state index is 5.64. The second kappa shape index (κ2) is 7.23. The molecule has 1 N–H and O–H groups in total. The minimum Gasteiger partial charge on any atom is -0.381 e. The zero-order chi connectivity index (χ0) is 14.5. The van der Waals surface area contributed by atoms with Gasteiger partial charge in [0.2, 0.25) is 0 Å². The normalized spacial score (nSPS) is 24.8. The summed E-state index contributed by atoms with van der Waals surface area (Å²) < 4.78 is 5.64. The van der Waals surface area contributed by atoms with Crippen LogP contribution in [0.25, 0.3) is 0 Å². The van der Waals surface area contributed by atoms with Crippen molar-refractivity contribution in [2.45, 2.75) is 50.6 Å². The molecule has 1 atom stereocenters. The van der Waals surface area contributed by atoms with Crippen LogP contribution in [0, 0.1) is 0 Å². The summed E-state index contributed by atoms with van der Waals surface area (Å²) in [6, 6.07) is 2.68. The van der Waals surface area contributed by atoms with E-state index in [1.165, 1.54) is 50.8 Å². The standard InChI is InChI=1S/C17H28N2OS/c1-15(16-5-12-21-13-16)18-14-17(6-10-20-11-7-17)19-8-3-2-4-9-19/h5,12-13,15,18H,2-4,6-11,14H2,1H3/t15-/m0/s1. The molecule has 1 aromatic heterocycles. The fourth-order valence-electron chi connectivity index (χ4n) is 3.71. The molecule has 1 aromatic rings. The quantitative estimate of drug-likeness (QED) is 0.902. The minimum atomic E-state index is 0.322. The maximum absolute atomic E-state index is 5.64. The van der Waals surface area contributed by atoms with E-state index in [0.717, 1.165) is 19.8 Å². The molecule has 0 aromatic carbocycles. The molecule has 2 aliphatic heterocycles. The zero-order valence-electron chi connectivity index (χ0n) is 13.1. The predicted octanol–water partition coefficient (Wildman–Crippen LogP) is 3.43. The van der Waals surface area contributed by atoms with E-state index in [1.54, 1.807) is 11.3 Å². The van der Waals surface area contributed by atoms with Crippen LogP contribution in [0.5, 0.6) is 0 Å².